The smallest absolute Gasteiger partial charge is 0.255 e. The van der Waals surface area contributed by atoms with Crippen LogP contribution in [0.1, 0.15) is 36.0 Å². The number of pyridine rings is 1. The highest BCUT2D eigenvalue weighted by Crippen LogP contribution is 2.23. The van der Waals surface area contributed by atoms with Gasteiger partial charge in [-0.1, -0.05) is 0 Å². The minimum Gasteiger partial charge on any atom is -0.393 e. The molecule has 4 heteroatoms. The zero-order valence-corrected chi connectivity index (χ0v) is 10.0. The lowest BCUT2D eigenvalue weighted by molar-refractivity contribution is 0.0569. The molecule has 1 amide bonds. The first-order valence-corrected chi connectivity index (χ1v) is 6.03. The first-order chi connectivity index (χ1) is 8.18. The molecule has 17 heavy (non-hydrogen) atoms. The van der Waals surface area contributed by atoms with Crippen LogP contribution in [0.2, 0.25) is 0 Å². The van der Waals surface area contributed by atoms with E-state index < -0.39 is 0 Å². The fourth-order valence-corrected chi connectivity index (χ4v) is 2.30. The summed E-state index contributed by atoms with van der Waals surface area (Å²) in [6, 6.07) is 3.79. The van der Waals surface area contributed by atoms with Crippen molar-refractivity contribution in [3.8, 4) is 0 Å². The normalized spacial score (nSPS) is 24.4. The molecule has 1 saturated carbocycles. The highest BCUT2D eigenvalue weighted by Gasteiger charge is 2.26. The molecule has 1 heterocycles. The molecule has 0 atom stereocenters. The van der Waals surface area contributed by atoms with E-state index in [1.807, 2.05) is 7.05 Å². The number of hydrogen-bond acceptors (Lipinski definition) is 3. The molecule has 1 aromatic rings. The van der Waals surface area contributed by atoms with Crippen molar-refractivity contribution in [2.45, 2.75) is 37.8 Å². The summed E-state index contributed by atoms with van der Waals surface area (Å²) in [5.74, 6) is 0.0134. The average molecular weight is 234 g/mol. The molecule has 0 radical (unpaired) electrons. The predicted molar refractivity (Wildman–Crippen MR) is 64.6 cm³/mol. The predicted octanol–water partition coefficient (Wildman–Crippen LogP) is 1.46. The number of aliphatic hydroxyl groups excluding tert-OH is 1. The minimum absolute atomic E-state index is 0.0134. The molecule has 1 aliphatic carbocycles. The second kappa shape index (κ2) is 5.27. The van der Waals surface area contributed by atoms with E-state index in [1.165, 1.54) is 0 Å². The van der Waals surface area contributed by atoms with Crippen LogP contribution in [-0.4, -0.2) is 40.1 Å². The SMILES string of the molecule is CN(C(=O)c1cccnc1)C1CCC(O)CC1. The molecule has 0 aliphatic heterocycles. The Balaban J connectivity index is 2.00. The van der Waals surface area contributed by atoms with E-state index in [4.69, 9.17) is 0 Å². The Morgan fingerprint density at radius 2 is 2.12 bits per heavy atom. The van der Waals surface area contributed by atoms with Gasteiger partial charge in [0.1, 0.15) is 0 Å². The number of hydrogen-bond donors (Lipinski definition) is 1. The summed E-state index contributed by atoms with van der Waals surface area (Å²) >= 11 is 0. The number of nitrogens with zero attached hydrogens (tertiary/aromatic N) is 2. The van der Waals surface area contributed by atoms with E-state index in [9.17, 15) is 9.90 Å². The van der Waals surface area contributed by atoms with E-state index in [0.717, 1.165) is 25.7 Å². The molecule has 1 fully saturated rings. The second-order valence-electron chi connectivity index (χ2n) is 4.62. The Hall–Kier alpha value is -1.42. The fourth-order valence-electron chi connectivity index (χ4n) is 2.30. The van der Waals surface area contributed by atoms with Crippen molar-refractivity contribution in [3.63, 3.8) is 0 Å². The Morgan fingerprint density at radius 3 is 2.71 bits per heavy atom. The number of rotatable bonds is 2. The lowest BCUT2D eigenvalue weighted by Gasteiger charge is -2.33. The summed E-state index contributed by atoms with van der Waals surface area (Å²) in [4.78, 5) is 17.9. The summed E-state index contributed by atoms with van der Waals surface area (Å²) < 4.78 is 0. The zero-order chi connectivity index (χ0) is 12.3. The van der Waals surface area contributed by atoms with Crippen molar-refractivity contribution < 1.29 is 9.90 Å². The topological polar surface area (TPSA) is 53.4 Å². The van der Waals surface area contributed by atoms with E-state index in [1.54, 1.807) is 29.4 Å². The number of carbonyl (C=O) groups excluding carboxylic acids is 1. The lowest BCUT2D eigenvalue weighted by atomic mass is 9.92. The summed E-state index contributed by atoms with van der Waals surface area (Å²) in [5, 5.41) is 9.45. The van der Waals surface area contributed by atoms with Gasteiger partial charge in [0.05, 0.1) is 11.7 Å². The van der Waals surface area contributed by atoms with Crippen LogP contribution in [0.3, 0.4) is 0 Å². The molecular formula is C13H18N2O2. The van der Waals surface area contributed by atoms with E-state index in [2.05, 4.69) is 4.98 Å². The van der Waals surface area contributed by atoms with Gasteiger partial charge in [-0.05, 0) is 37.8 Å². The Morgan fingerprint density at radius 1 is 1.41 bits per heavy atom. The molecule has 1 aromatic heterocycles. The molecule has 4 nitrogen and oxygen atoms in total. The van der Waals surface area contributed by atoms with Crippen LogP contribution in [0, 0.1) is 0 Å². The molecule has 2 rings (SSSR count). The van der Waals surface area contributed by atoms with Gasteiger partial charge >= 0.3 is 0 Å². The third-order valence-corrected chi connectivity index (χ3v) is 3.44. The van der Waals surface area contributed by atoms with Gasteiger partial charge in [0, 0.05) is 25.5 Å². The number of amides is 1. The third-order valence-electron chi connectivity index (χ3n) is 3.44. The molecule has 92 valence electrons. The van der Waals surface area contributed by atoms with Crippen molar-refractivity contribution in [1.29, 1.82) is 0 Å². The summed E-state index contributed by atoms with van der Waals surface area (Å²) in [6.07, 6.45) is 6.40. The van der Waals surface area contributed by atoms with Crippen LogP contribution >= 0.6 is 0 Å². The van der Waals surface area contributed by atoms with E-state index in [-0.39, 0.29) is 18.1 Å². The van der Waals surface area contributed by atoms with Gasteiger partial charge in [0.2, 0.25) is 0 Å². The van der Waals surface area contributed by atoms with Crippen molar-refractivity contribution >= 4 is 5.91 Å². The van der Waals surface area contributed by atoms with Crippen LogP contribution in [0.5, 0.6) is 0 Å². The highest BCUT2D eigenvalue weighted by atomic mass is 16.3. The van der Waals surface area contributed by atoms with Crippen molar-refractivity contribution in [1.82, 2.24) is 9.88 Å². The first-order valence-electron chi connectivity index (χ1n) is 6.03. The van der Waals surface area contributed by atoms with Gasteiger partial charge in [-0.2, -0.15) is 0 Å². The lowest BCUT2D eigenvalue weighted by Crippen LogP contribution is -2.40. The van der Waals surface area contributed by atoms with Gasteiger partial charge in [-0.3, -0.25) is 9.78 Å². The first kappa shape index (κ1) is 12.0. The van der Waals surface area contributed by atoms with E-state index in [0.29, 0.717) is 5.56 Å². The summed E-state index contributed by atoms with van der Waals surface area (Å²) in [7, 11) is 1.83. The highest BCUT2D eigenvalue weighted by molar-refractivity contribution is 5.93. The van der Waals surface area contributed by atoms with Crippen LogP contribution in [0.25, 0.3) is 0 Å². The molecule has 0 bridgehead atoms. The number of aromatic nitrogens is 1. The van der Waals surface area contributed by atoms with Gasteiger partial charge in [0.15, 0.2) is 0 Å². The monoisotopic (exact) mass is 234 g/mol. The molecule has 0 aromatic carbocycles. The molecule has 1 N–H and O–H groups in total. The minimum atomic E-state index is -0.187. The second-order valence-corrected chi connectivity index (χ2v) is 4.62. The molecule has 0 unspecified atom stereocenters. The Bertz CT molecular complexity index is 372. The Labute approximate surface area is 101 Å². The average Bonchev–Trinajstić information content (AvgIpc) is 2.39. The quantitative estimate of drug-likeness (QED) is 0.842. The maximum atomic E-state index is 12.1. The maximum Gasteiger partial charge on any atom is 0.255 e. The fraction of sp³-hybridized carbons (Fsp3) is 0.538. The molecular weight excluding hydrogens is 216 g/mol. The van der Waals surface area contributed by atoms with Gasteiger partial charge in [-0.25, -0.2) is 0 Å². The van der Waals surface area contributed by atoms with Crippen molar-refractivity contribution in [3.05, 3.63) is 30.1 Å². The molecule has 1 aliphatic rings. The maximum absolute atomic E-state index is 12.1. The van der Waals surface area contributed by atoms with Crippen molar-refractivity contribution in [2.75, 3.05) is 7.05 Å². The number of carbonyl (C=O) groups is 1. The van der Waals surface area contributed by atoms with E-state index >= 15 is 0 Å². The molecule has 0 saturated heterocycles. The standard InChI is InChI=1S/C13H18N2O2/c1-15(11-4-6-12(16)7-5-11)13(17)10-3-2-8-14-9-10/h2-3,8-9,11-12,16H,4-7H2,1H3. The van der Waals surface area contributed by atoms with Crippen LogP contribution in [0.4, 0.5) is 0 Å². The summed E-state index contributed by atoms with van der Waals surface area (Å²) in [6.45, 7) is 0. The number of aliphatic hydroxyl groups is 1. The molecule has 0 spiro atoms. The largest absolute Gasteiger partial charge is 0.393 e. The van der Waals surface area contributed by atoms with Crippen LogP contribution in [-0.2, 0) is 0 Å². The van der Waals surface area contributed by atoms with Gasteiger partial charge < -0.3 is 10.0 Å². The third kappa shape index (κ3) is 2.82. The van der Waals surface area contributed by atoms with Crippen LogP contribution in [0.15, 0.2) is 24.5 Å². The van der Waals surface area contributed by atoms with Crippen molar-refractivity contribution in [2.24, 2.45) is 0 Å². The zero-order valence-electron chi connectivity index (χ0n) is 10.0. The van der Waals surface area contributed by atoms with Crippen LogP contribution < -0.4 is 0 Å². The Kier molecular flexibility index (Phi) is 3.74. The van der Waals surface area contributed by atoms with Gasteiger partial charge in [0.25, 0.3) is 5.91 Å². The summed E-state index contributed by atoms with van der Waals surface area (Å²) in [5.41, 5.74) is 0.626. The van der Waals surface area contributed by atoms with Gasteiger partial charge in [-0.15, -0.1) is 0 Å².